The maximum Gasteiger partial charge on any atom is 0.573 e. The first-order valence-corrected chi connectivity index (χ1v) is 12.0. The zero-order valence-electron chi connectivity index (χ0n) is 18.4. The van der Waals surface area contributed by atoms with Crippen LogP contribution >= 0.6 is 0 Å². The maximum atomic E-state index is 13.1. The third-order valence-electron chi connectivity index (χ3n) is 5.37. The Morgan fingerprint density at radius 2 is 1.61 bits per heavy atom. The van der Waals surface area contributed by atoms with Crippen molar-refractivity contribution in [2.24, 2.45) is 0 Å². The van der Waals surface area contributed by atoms with Crippen LogP contribution in [0.3, 0.4) is 0 Å². The van der Waals surface area contributed by atoms with Crippen LogP contribution < -0.4 is 14.9 Å². The first-order chi connectivity index (χ1) is 17.1. The Hall–Kier alpha value is -3.93. The Morgan fingerprint density at radius 3 is 2.31 bits per heavy atom. The van der Waals surface area contributed by atoms with Crippen molar-refractivity contribution >= 4 is 26.7 Å². The van der Waals surface area contributed by atoms with E-state index in [-0.39, 0.29) is 23.2 Å². The highest BCUT2D eigenvalue weighted by Gasteiger charge is 2.33. The van der Waals surface area contributed by atoms with Crippen molar-refractivity contribution in [3.63, 3.8) is 0 Å². The molecule has 3 N–H and O–H groups in total. The number of hydroxylamine groups is 1. The van der Waals surface area contributed by atoms with Crippen LogP contribution in [0, 0.1) is 0 Å². The summed E-state index contributed by atoms with van der Waals surface area (Å²) in [5, 5.41) is 10.3. The van der Waals surface area contributed by atoms with Crippen LogP contribution in [0.2, 0.25) is 0 Å². The van der Waals surface area contributed by atoms with Crippen LogP contribution in [-0.2, 0) is 16.6 Å². The molecule has 1 amide bonds. The summed E-state index contributed by atoms with van der Waals surface area (Å²) in [6.07, 6.45) is -5.04. The van der Waals surface area contributed by atoms with Crippen LogP contribution in [0.25, 0.3) is 21.9 Å². The molecular formula is C25H19F3N2O5S. The Balaban J connectivity index is 1.69. The molecule has 0 aliphatic carbocycles. The van der Waals surface area contributed by atoms with Crippen LogP contribution in [0.1, 0.15) is 15.9 Å². The fourth-order valence-electron chi connectivity index (χ4n) is 3.78. The molecule has 186 valence electrons. The molecule has 11 heteroatoms. The lowest BCUT2D eigenvalue weighted by molar-refractivity contribution is -0.274. The molecular weight excluding hydrogens is 497 g/mol. The summed E-state index contributed by atoms with van der Waals surface area (Å²) in [7, 11) is -4.33. The van der Waals surface area contributed by atoms with E-state index < -0.39 is 32.9 Å². The largest absolute Gasteiger partial charge is 0.573 e. The van der Waals surface area contributed by atoms with E-state index in [4.69, 9.17) is 0 Å². The van der Waals surface area contributed by atoms with E-state index in [9.17, 15) is 31.6 Å². The number of sulfonamides is 1. The molecule has 4 aromatic rings. The van der Waals surface area contributed by atoms with Crippen molar-refractivity contribution in [3.05, 3.63) is 96.1 Å². The summed E-state index contributed by atoms with van der Waals surface area (Å²) in [5.74, 6) is -1.52. The minimum Gasteiger partial charge on any atom is -0.405 e. The summed E-state index contributed by atoms with van der Waals surface area (Å²) < 4.78 is 71.6. The van der Waals surface area contributed by atoms with Crippen molar-refractivity contribution in [2.45, 2.75) is 17.8 Å². The number of rotatable bonds is 7. The van der Waals surface area contributed by atoms with Crippen LogP contribution in [-0.4, -0.2) is 25.9 Å². The van der Waals surface area contributed by atoms with Crippen molar-refractivity contribution in [1.82, 2.24) is 10.2 Å². The molecule has 0 fully saturated rings. The quantitative estimate of drug-likeness (QED) is 0.237. The third-order valence-corrected chi connectivity index (χ3v) is 6.77. The van der Waals surface area contributed by atoms with Crippen LogP contribution in [0.4, 0.5) is 13.2 Å². The minimum atomic E-state index is -5.04. The predicted octanol–water partition coefficient (Wildman–Crippen LogP) is 5.00. The lowest BCUT2D eigenvalue weighted by Gasteiger charge is -2.16. The third kappa shape index (κ3) is 5.48. The van der Waals surface area contributed by atoms with Gasteiger partial charge in [0, 0.05) is 18.2 Å². The van der Waals surface area contributed by atoms with Crippen LogP contribution in [0.5, 0.6) is 5.75 Å². The molecule has 4 aromatic carbocycles. The number of halogens is 3. The molecule has 0 aromatic heterocycles. The number of ether oxygens (including phenoxy) is 1. The van der Waals surface area contributed by atoms with Crippen molar-refractivity contribution in [3.8, 4) is 16.9 Å². The fraction of sp³-hybridized carbons (Fsp3) is 0.0800. The number of amides is 1. The predicted molar refractivity (Wildman–Crippen MR) is 126 cm³/mol. The number of hydrogen-bond donors (Lipinski definition) is 3. The molecule has 0 unspecified atom stereocenters. The molecule has 36 heavy (non-hydrogen) atoms. The summed E-state index contributed by atoms with van der Waals surface area (Å²) in [5.41, 5.74) is 2.32. The highest BCUT2D eigenvalue weighted by molar-refractivity contribution is 7.89. The van der Waals surface area contributed by atoms with Gasteiger partial charge in [-0.25, -0.2) is 18.6 Å². The second-order valence-electron chi connectivity index (χ2n) is 7.66. The van der Waals surface area contributed by atoms with Gasteiger partial charge in [-0.15, -0.1) is 13.2 Å². The Morgan fingerprint density at radius 1 is 0.917 bits per heavy atom. The summed E-state index contributed by atoms with van der Waals surface area (Å²) in [6, 6.07) is 21.3. The van der Waals surface area contributed by atoms with Gasteiger partial charge in [-0.2, -0.15) is 0 Å². The first kappa shape index (κ1) is 25.2. The van der Waals surface area contributed by atoms with Crippen molar-refractivity contribution in [2.75, 3.05) is 0 Å². The van der Waals surface area contributed by atoms with E-state index in [0.717, 1.165) is 12.1 Å². The van der Waals surface area contributed by atoms with Crippen molar-refractivity contribution in [1.29, 1.82) is 0 Å². The van der Waals surface area contributed by atoms with E-state index in [1.807, 2.05) is 0 Å². The van der Waals surface area contributed by atoms with E-state index in [1.54, 1.807) is 66.1 Å². The molecule has 0 spiro atoms. The van der Waals surface area contributed by atoms with Gasteiger partial charge < -0.3 is 4.74 Å². The number of alkyl halides is 3. The SMILES string of the molecule is O=C(NO)c1c(CNS(=O)(=O)c2ccc(-c3ccccc3)c(OC(F)(F)F)c2)ccc2ccccc12. The average molecular weight is 516 g/mol. The molecule has 0 aliphatic heterocycles. The highest BCUT2D eigenvalue weighted by atomic mass is 32.2. The van der Waals surface area contributed by atoms with Crippen LogP contribution in [0.15, 0.2) is 89.8 Å². The van der Waals surface area contributed by atoms with Gasteiger partial charge in [0.2, 0.25) is 10.0 Å². The van der Waals surface area contributed by atoms with Gasteiger partial charge >= 0.3 is 6.36 Å². The average Bonchev–Trinajstić information content (AvgIpc) is 2.86. The van der Waals surface area contributed by atoms with Gasteiger partial charge in [-0.3, -0.25) is 10.0 Å². The molecule has 0 radical (unpaired) electrons. The zero-order valence-corrected chi connectivity index (χ0v) is 19.2. The monoisotopic (exact) mass is 516 g/mol. The van der Waals surface area contributed by atoms with E-state index in [1.165, 1.54) is 12.1 Å². The Labute approximate surface area is 204 Å². The Bertz CT molecular complexity index is 1520. The summed E-state index contributed by atoms with van der Waals surface area (Å²) in [6.45, 7) is -0.369. The molecule has 0 saturated heterocycles. The van der Waals surface area contributed by atoms with Gasteiger partial charge in [0.25, 0.3) is 5.91 Å². The lowest BCUT2D eigenvalue weighted by Crippen LogP contribution is -2.27. The van der Waals surface area contributed by atoms with Gasteiger partial charge in [-0.05, 0) is 34.0 Å². The second-order valence-corrected chi connectivity index (χ2v) is 9.43. The van der Waals surface area contributed by atoms with E-state index >= 15 is 0 Å². The number of nitrogens with one attached hydrogen (secondary N) is 2. The molecule has 0 bridgehead atoms. The molecule has 0 saturated carbocycles. The van der Waals surface area contributed by atoms with Gasteiger partial charge in [0.1, 0.15) is 5.75 Å². The fourth-order valence-corrected chi connectivity index (χ4v) is 4.80. The normalized spacial score (nSPS) is 11.9. The lowest BCUT2D eigenvalue weighted by atomic mass is 9.98. The van der Waals surface area contributed by atoms with Gasteiger partial charge in [0.15, 0.2) is 0 Å². The smallest absolute Gasteiger partial charge is 0.405 e. The standard InChI is InChI=1S/C25H19F3N2O5S/c26-25(27,28)35-22-14-19(12-13-20(22)16-6-2-1-3-7-16)36(33,34)29-15-18-11-10-17-8-4-5-9-21(17)23(18)24(31)30-32/h1-14,29,32H,15H2,(H,30,31). The van der Waals surface area contributed by atoms with Gasteiger partial charge in [0.05, 0.1) is 10.5 Å². The summed E-state index contributed by atoms with van der Waals surface area (Å²) >= 11 is 0. The number of benzene rings is 4. The highest BCUT2D eigenvalue weighted by Crippen LogP contribution is 2.35. The number of carbonyl (C=O) groups is 1. The molecule has 4 rings (SSSR count). The molecule has 0 heterocycles. The van der Waals surface area contributed by atoms with E-state index in [2.05, 4.69) is 9.46 Å². The first-order valence-electron chi connectivity index (χ1n) is 10.5. The Kier molecular flexibility index (Phi) is 6.97. The molecule has 7 nitrogen and oxygen atoms in total. The maximum absolute atomic E-state index is 13.1. The number of carbonyl (C=O) groups excluding carboxylic acids is 1. The topological polar surface area (TPSA) is 105 Å². The molecule has 0 aliphatic rings. The van der Waals surface area contributed by atoms with Gasteiger partial charge in [-0.1, -0.05) is 66.7 Å². The molecule has 0 atom stereocenters. The minimum absolute atomic E-state index is 0.0545. The number of hydrogen-bond acceptors (Lipinski definition) is 5. The second kappa shape index (κ2) is 9.97. The zero-order chi connectivity index (χ0) is 25.9. The number of fused-ring (bicyclic) bond motifs is 1. The summed E-state index contributed by atoms with van der Waals surface area (Å²) in [4.78, 5) is 11.9. The van der Waals surface area contributed by atoms with E-state index in [0.29, 0.717) is 16.3 Å². The van der Waals surface area contributed by atoms with Crippen molar-refractivity contribution < 1.29 is 36.3 Å².